The monoisotopic (exact) mass is 311 g/mol. The fourth-order valence-corrected chi connectivity index (χ4v) is 2.29. The topological polar surface area (TPSA) is 66.4 Å². The second-order valence-electron chi connectivity index (χ2n) is 5.23. The standard InChI is InChI=1S/C16H22ClNO3/c1-12(10-13-6-5-7-14(17)11-13)16(21)18-9-4-2-3-8-15(19)20/h5-7,11-12H,2-4,8-10H2,1H3,(H,18,21)(H,19,20). The zero-order valence-electron chi connectivity index (χ0n) is 12.3. The van der Waals surface area contributed by atoms with Gasteiger partial charge in [0.1, 0.15) is 0 Å². The average molecular weight is 312 g/mol. The molecule has 0 saturated carbocycles. The summed E-state index contributed by atoms with van der Waals surface area (Å²) in [5, 5.41) is 12.1. The number of carbonyl (C=O) groups excluding carboxylic acids is 1. The number of amides is 1. The molecule has 5 heteroatoms. The lowest BCUT2D eigenvalue weighted by molar-refractivity contribution is -0.137. The Labute approximate surface area is 130 Å². The Morgan fingerprint density at radius 3 is 2.71 bits per heavy atom. The van der Waals surface area contributed by atoms with Gasteiger partial charge in [0.05, 0.1) is 0 Å². The third-order valence-corrected chi connectivity index (χ3v) is 3.48. The van der Waals surface area contributed by atoms with E-state index < -0.39 is 5.97 Å². The Morgan fingerprint density at radius 1 is 1.29 bits per heavy atom. The maximum absolute atomic E-state index is 11.9. The molecule has 1 atom stereocenters. The first-order valence-corrected chi connectivity index (χ1v) is 7.61. The summed E-state index contributed by atoms with van der Waals surface area (Å²) in [6, 6.07) is 7.52. The Hall–Kier alpha value is -1.55. The summed E-state index contributed by atoms with van der Waals surface area (Å²) >= 11 is 5.92. The number of carboxylic acid groups (broad SMARTS) is 1. The molecule has 0 fully saturated rings. The number of hydrogen-bond acceptors (Lipinski definition) is 2. The van der Waals surface area contributed by atoms with E-state index in [0.29, 0.717) is 24.4 Å². The lowest BCUT2D eigenvalue weighted by atomic mass is 10.0. The van der Waals surface area contributed by atoms with Crippen molar-refractivity contribution in [1.82, 2.24) is 5.32 Å². The maximum atomic E-state index is 11.9. The highest BCUT2D eigenvalue weighted by molar-refractivity contribution is 6.30. The molecule has 0 aliphatic heterocycles. The molecule has 0 aliphatic carbocycles. The second-order valence-corrected chi connectivity index (χ2v) is 5.67. The third-order valence-electron chi connectivity index (χ3n) is 3.25. The van der Waals surface area contributed by atoms with Crippen LogP contribution in [0.2, 0.25) is 5.02 Å². The van der Waals surface area contributed by atoms with E-state index in [4.69, 9.17) is 16.7 Å². The number of aliphatic carboxylic acids is 1. The van der Waals surface area contributed by atoms with Crippen molar-refractivity contribution in [2.24, 2.45) is 5.92 Å². The number of rotatable bonds is 9. The normalized spacial score (nSPS) is 11.9. The summed E-state index contributed by atoms with van der Waals surface area (Å²) in [6.45, 7) is 2.49. The van der Waals surface area contributed by atoms with Crippen molar-refractivity contribution in [3.8, 4) is 0 Å². The number of halogens is 1. The molecule has 1 aromatic carbocycles. The highest BCUT2D eigenvalue weighted by Crippen LogP contribution is 2.14. The van der Waals surface area contributed by atoms with Crippen LogP contribution in [0.3, 0.4) is 0 Å². The van der Waals surface area contributed by atoms with Crippen LogP contribution in [0.4, 0.5) is 0 Å². The minimum atomic E-state index is -0.769. The Morgan fingerprint density at radius 2 is 2.05 bits per heavy atom. The summed E-state index contributed by atoms with van der Waals surface area (Å²) in [4.78, 5) is 22.3. The SMILES string of the molecule is CC(Cc1cccc(Cl)c1)C(=O)NCCCCCC(=O)O. The molecule has 0 aromatic heterocycles. The number of benzene rings is 1. The molecule has 0 aliphatic rings. The van der Waals surface area contributed by atoms with E-state index in [0.717, 1.165) is 18.4 Å². The van der Waals surface area contributed by atoms with E-state index in [1.54, 1.807) is 0 Å². The van der Waals surface area contributed by atoms with Crippen molar-refractivity contribution in [3.63, 3.8) is 0 Å². The van der Waals surface area contributed by atoms with Crippen LogP contribution in [-0.2, 0) is 16.0 Å². The average Bonchev–Trinajstić information content (AvgIpc) is 2.42. The van der Waals surface area contributed by atoms with Gasteiger partial charge in [-0.25, -0.2) is 0 Å². The number of carbonyl (C=O) groups is 2. The zero-order chi connectivity index (χ0) is 15.7. The number of unbranched alkanes of at least 4 members (excludes halogenated alkanes) is 2. The van der Waals surface area contributed by atoms with Crippen molar-refractivity contribution in [3.05, 3.63) is 34.9 Å². The van der Waals surface area contributed by atoms with E-state index in [1.807, 2.05) is 31.2 Å². The first-order valence-electron chi connectivity index (χ1n) is 7.23. The van der Waals surface area contributed by atoms with E-state index in [-0.39, 0.29) is 18.2 Å². The van der Waals surface area contributed by atoms with Crippen LogP contribution >= 0.6 is 11.6 Å². The van der Waals surface area contributed by atoms with Gasteiger partial charge >= 0.3 is 5.97 Å². The van der Waals surface area contributed by atoms with E-state index in [9.17, 15) is 9.59 Å². The van der Waals surface area contributed by atoms with Crippen LogP contribution in [0.15, 0.2) is 24.3 Å². The lowest BCUT2D eigenvalue weighted by Crippen LogP contribution is -2.31. The summed E-state index contributed by atoms with van der Waals surface area (Å²) in [7, 11) is 0. The largest absolute Gasteiger partial charge is 0.481 e. The summed E-state index contributed by atoms with van der Waals surface area (Å²) in [5.74, 6) is -0.857. The molecule has 2 N–H and O–H groups in total. The lowest BCUT2D eigenvalue weighted by Gasteiger charge is -2.12. The van der Waals surface area contributed by atoms with Gasteiger partial charge < -0.3 is 10.4 Å². The maximum Gasteiger partial charge on any atom is 0.303 e. The van der Waals surface area contributed by atoms with Crippen molar-refractivity contribution in [2.75, 3.05) is 6.54 Å². The number of nitrogens with one attached hydrogen (secondary N) is 1. The molecule has 1 unspecified atom stereocenters. The predicted molar refractivity (Wildman–Crippen MR) is 83.4 cm³/mol. The van der Waals surface area contributed by atoms with Gasteiger partial charge in [-0.2, -0.15) is 0 Å². The van der Waals surface area contributed by atoms with Gasteiger partial charge in [0.2, 0.25) is 5.91 Å². The molecule has 4 nitrogen and oxygen atoms in total. The molecule has 0 heterocycles. The van der Waals surface area contributed by atoms with Crippen molar-refractivity contribution < 1.29 is 14.7 Å². The zero-order valence-corrected chi connectivity index (χ0v) is 13.0. The van der Waals surface area contributed by atoms with Crippen molar-refractivity contribution in [2.45, 2.75) is 39.0 Å². The van der Waals surface area contributed by atoms with Crippen LogP contribution in [0.25, 0.3) is 0 Å². The third kappa shape index (κ3) is 7.71. The number of hydrogen-bond donors (Lipinski definition) is 2. The van der Waals surface area contributed by atoms with Crippen LogP contribution in [0.1, 0.15) is 38.2 Å². The highest BCUT2D eigenvalue weighted by atomic mass is 35.5. The molecule has 0 bridgehead atoms. The quantitative estimate of drug-likeness (QED) is 0.688. The van der Waals surface area contributed by atoms with Crippen LogP contribution in [0, 0.1) is 5.92 Å². The van der Waals surface area contributed by atoms with Gasteiger partial charge in [0.15, 0.2) is 0 Å². The molecule has 116 valence electrons. The van der Waals surface area contributed by atoms with Crippen LogP contribution in [0.5, 0.6) is 0 Å². The van der Waals surface area contributed by atoms with Gasteiger partial charge in [-0.1, -0.05) is 37.1 Å². The van der Waals surface area contributed by atoms with Gasteiger partial charge in [0.25, 0.3) is 0 Å². The molecule has 1 aromatic rings. The van der Waals surface area contributed by atoms with Crippen LogP contribution in [-0.4, -0.2) is 23.5 Å². The fourth-order valence-electron chi connectivity index (χ4n) is 2.07. The summed E-state index contributed by atoms with van der Waals surface area (Å²) in [5.41, 5.74) is 1.05. The first kappa shape index (κ1) is 17.5. The Kier molecular flexibility index (Phi) is 7.83. The smallest absolute Gasteiger partial charge is 0.303 e. The van der Waals surface area contributed by atoms with Crippen LogP contribution < -0.4 is 5.32 Å². The van der Waals surface area contributed by atoms with Crippen molar-refractivity contribution >= 4 is 23.5 Å². The Bertz CT molecular complexity index is 476. The minimum Gasteiger partial charge on any atom is -0.481 e. The second kappa shape index (κ2) is 9.40. The molecule has 21 heavy (non-hydrogen) atoms. The van der Waals surface area contributed by atoms with Gasteiger partial charge in [-0.15, -0.1) is 0 Å². The van der Waals surface area contributed by atoms with Gasteiger partial charge in [-0.05, 0) is 37.0 Å². The number of carboxylic acids is 1. The molecule has 0 radical (unpaired) electrons. The molecule has 0 spiro atoms. The Balaban J connectivity index is 2.21. The molecule has 0 saturated heterocycles. The van der Waals surface area contributed by atoms with E-state index >= 15 is 0 Å². The molecule has 1 amide bonds. The fraction of sp³-hybridized carbons (Fsp3) is 0.500. The first-order chi connectivity index (χ1) is 9.99. The van der Waals surface area contributed by atoms with Gasteiger partial charge in [-0.3, -0.25) is 9.59 Å². The highest BCUT2D eigenvalue weighted by Gasteiger charge is 2.13. The van der Waals surface area contributed by atoms with E-state index in [1.165, 1.54) is 0 Å². The summed E-state index contributed by atoms with van der Waals surface area (Å²) < 4.78 is 0. The summed E-state index contributed by atoms with van der Waals surface area (Å²) in [6.07, 6.45) is 3.13. The van der Waals surface area contributed by atoms with Crippen molar-refractivity contribution in [1.29, 1.82) is 0 Å². The molecular weight excluding hydrogens is 290 g/mol. The van der Waals surface area contributed by atoms with E-state index in [2.05, 4.69) is 5.32 Å². The van der Waals surface area contributed by atoms with Gasteiger partial charge in [0, 0.05) is 23.9 Å². The predicted octanol–water partition coefficient (Wildman–Crippen LogP) is 3.28. The molecule has 1 rings (SSSR count). The minimum absolute atomic E-state index is 0.0215. The molecular formula is C16H22ClNO3.